The Balaban J connectivity index is 2.24. The summed E-state index contributed by atoms with van der Waals surface area (Å²) in [5.41, 5.74) is 4.40. The van der Waals surface area contributed by atoms with Crippen molar-refractivity contribution in [2.75, 3.05) is 0 Å². The average molecular weight is 283 g/mol. The SMILES string of the molecule is Cc1cc(C)c2c(c1)OC(C)(C)N=C2c1ccc(F)cc1. The van der Waals surface area contributed by atoms with Crippen molar-refractivity contribution in [1.29, 1.82) is 0 Å². The molecule has 0 N–H and O–H groups in total. The minimum atomic E-state index is -0.628. The summed E-state index contributed by atoms with van der Waals surface area (Å²) in [6.45, 7) is 7.95. The quantitative estimate of drug-likeness (QED) is 0.759. The number of aliphatic imine (C=N–C) groups is 1. The van der Waals surface area contributed by atoms with E-state index in [0.29, 0.717) is 0 Å². The van der Waals surface area contributed by atoms with E-state index in [1.54, 1.807) is 12.1 Å². The number of rotatable bonds is 1. The first kappa shape index (κ1) is 13.8. The Morgan fingerprint density at radius 3 is 2.38 bits per heavy atom. The van der Waals surface area contributed by atoms with Crippen molar-refractivity contribution in [2.24, 2.45) is 4.99 Å². The van der Waals surface area contributed by atoms with Crippen molar-refractivity contribution in [1.82, 2.24) is 0 Å². The van der Waals surface area contributed by atoms with Gasteiger partial charge in [0.05, 0.1) is 5.71 Å². The highest BCUT2D eigenvalue weighted by Crippen LogP contribution is 2.35. The topological polar surface area (TPSA) is 21.6 Å². The van der Waals surface area contributed by atoms with E-state index in [2.05, 4.69) is 6.07 Å². The van der Waals surface area contributed by atoms with Gasteiger partial charge >= 0.3 is 0 Å². The van der Waals surface area contributed by atoms with Crippen molar-refractivity contribution in [3.8, 4) is 5.75 Å². The van der Waals surface area contributed by atoms with E-state index < -0.39 is 5.72 Å². The van der Waals surface area contributed by atoms with Crippen molar-refractivity contribution >= 4 is 5.71 Å². The Morgan fingerprint density at radius 1 is 1.05 bits per heavy atom. The molecule has 0 aliphatic carbocycles. The third kappa shape index (κ3) is 2.56. The second-order valence-electron chi connectivity index (χ2n) is 5.97. The van der Waals surface area contributed by atoms with Gasteiger partial charge in [-0.3, -0.25) is 0 Å². The molecule has 0 amide bonds. The molecule has 2 aromatic carbocycles. The van der Waals surface area contributed by atoms with Gasteiger partial charge in [0, 0.05) is 11.1 Å². The van der Waals surface area contributed by atoms with E-state index in [4.69, 9.17) is 9.73 Å². The van der Waals surface area contributed by atoms with Crippen LogP contribution in [-0.4, -0.2) is 11.4 Å². The number of fused-ring (bicyclic) bond motifs is 1. The number of aryl methyl sites for hydroxylation is 2. The van der Waals surface area contributed by atoms with Crippen LogP contribution in [0.3, 0.4) is 0 Å². The zero-order chi connectivity index (χ0) is 15.2. The van der Waals surface area contributed by atoms with Crippen molar-refractivity contribution < 1.29 is 9.13 Å². The maximum absolute atomic E-state index is 13.2. The second-order valence-corrected chi connectivity index (χ2v) is 5.97. The van der Waals surface area contributed by atoms with Gasteiger partial charge in [0.25, 0.3) is 0 Å². The van der Waals surface area contributed by atoms with Gasteiger partial charge in [-0.2, -0.15) is 0 Å². The van der Waals surface area contributed by atoms with Crippen molar-refractivity contribution in [3.05, 3.63) is 64.5 Å². The van der Waals surface area contributed by atoms with E-state index in [1.165, 1.54) is 12.1 Å². The molecule has 1 aliphatic rings. The number of halogens is 1. The maximum Gasteiger partial charge on any atom is 0.195 e. The summed E-state index contributed by atoms with van der Waals surface area (Å²) >= 11 is 0. The first-order valence-electron chi connectivity index (χ1n) is 7.02. The maximum atomic E-state index is 13.2. The predicted octanol–water partition coefficient (Wildman–Crippen LogP) is 4.41. The number of nitrogens with zero attached hydrogens (tertiary/aromatic N) is 1. The summed E-state index contributed by atoms with van der Waals surface area (Å²) in [7, 11) is 0. The van der Waals surface area contributed by atoms with Gasteiger partial charge in [0.2, 0.25) is 0 Å². The molecule has 0 radical (unpaired) electrons. The van der Waals surface area contributed by atoms with Crippen LogP contribution in [0.2, 0.25) is 0 Å². The summed E-state index contributed by atoms with van der Waals surface area (Å²) in [5, 5.41) is 0. The fourth-order valence-corrected chi connectivity index (χ4v) is 2.75. The van der Waals surface area contributed by atoms with Gasteiger partial charge in [0.1, 0.15) is 11.6 Å². The lowest BCUT2D eigenvalue weighted by Crippen LogP contribution is -2.33. The molecule has 0 saturated carbocycles. The first-order valence-corrected chi connectivity index (χ1v) is 7.02. The standard InChI is InChI=1S/C18H18FNO/c1-11-9-12(2)16-15(10-11)21-18(3,4)20-17(16)13-5-7-14(19)8-6-13/h5-10H,1-4H3. The van der Waals surface area contributed by atoms with Gasteiger partial charge in [-0.25, -0.2) is 9.38 Å². The summed E-state index contributed by atoms with van der Waals surface area (Å²) < 4.78 is 19.2. The minimum absolute atomic E-state index is 0.244. The third-order valence-corrected chi connectivity index (χ3v) is 3.54. The van der Waals surface area contributed by atoms with Crippen LogP contribution in [-0.2, 0) is 0 Å². The largest absolute Gasteiger partial charge is 0.466 e. The van der Waals surface area contributed by atoms with Crippen LogP contribution in [0.25, 0.3) is 0 Å². The van der Waals surface area contributed by atoms with E-state index >= 15 is 0 Å². The predicted molar refractivity (Wildman–Crippen MR) is 82.7 cm³/mol. The molecule has 0 spiro atoms. The molecule has 0 unspecified atom stereocenters. The summed E-state index contributed by atoms with van der Waals surface area (Å²) in [4.78, 5) is 4.72. The lowest BCUT2D eigenvalue weighted by Gasteiger charge is -2.31. The summed E-state index contributed by atoms with van der Waals surface area (Å²) in [5.74, 6) is 0.596. The zero-order valence-electron chi connectivity index (χ0n) is 12.7. The molecule has 0 atom stereocenters. The molecule has 1 aliphatic heterocycles. The Kier molecular flexibility index (Phi) is 3.08. The number of benzene rings is 2. The van der Waals surface area contributed by atoms with Crippen LogP contribution >= 0.6 is 0 Å². The van der Waals surface area contributed by atoms with Gasteiger partial charge < -0.3 is 4.74 Å². The second kappa shape index (κ2) is 4.69. The molecule has 108 valence electrons. The van der Waals surface area contributed by atoms with Crippen LogP contribution < -0.4 is 4.74 Å². The van der Waals surface area contributed by atoms with Gasteiger partial charge in [-0.1, -0.05) is 6.07 Å². The van der Waals surface area contributed by atoms with Crippen LogP contribution in [0.1, 0.15) is 36.1 Å². The highest BCUT2D eigenvalue weighted by atomic mass is 19.1. The normalized spacial score (nSPS) is 16.0. The molecule has 3 heteroatoms. The molecule has 2 nitrogen and oxygen atoms in total. The average Bonchev–Trinajstić information content (AvgIpc) is 2.36. The Morgan fingerprint density at radius 2 is 1.71 bits per heavy atom. The molecule has 0 aromatic heterocycles. The van der Waals surface area contributed by atoms with Gasteiger partial charge in [-0.15, -0.1) is 0 Å². The van der Waals surface area contributed by atoms with Crippen molar-refractivity contribution in [3.63, 3.8) is 0 Å². The van der Waals surface area contributed by atoms with E-state index in [1.807, 2.05) is 33.8 Å². The fourth-order valence-electron chi connectivity index (χ4n) is 2.75. The van der Waals surface area contributed by atoms with E-state index in [9.17, 15) is 4.39 Å². The number of ether oxygens (including phenoxy) is 1. The lowest BCUT2D eigenvalue weighted by molar-refractivity contribution is 0.115. The number of hydrogen-bond acceptors (Lipinski definition) is 2. The van der Waals surface area contributed by atoms with E-state index in [0.717, 1.165) is 33.7 Å². The highest BCUT2D eigenvalue weighted by molar-refractivity contribution is 6.16. The lowest BCUT2D eigenvalue weighted by atomic mass is 9.94. The Hall–Kier alpha value is -2.16. The summed E-state index contributed by atoms with van der Waals surface area (Å²) in [6.07, 6.45) is 0. The van der Waals surface area contributed by atoms with Crippen LogP contribution in [0.5, 0.6) is 5.75 Å². The molecule has 21 heavy (non-hydrogen) atoms. The molecule has 2 aromatic rings. The van der Waals surface area contributed by atoms with Crippen LogP contribution in [0, 0.1) is 19.7 Å². The highest BCUT2D eigenvalue weighted by Gasteiger charge is 2.30. The number of hydrogen-bond donors (Lipinski definition) is 0. The van der Waals surface area contributed by atoms with Crippen LogP contribution in [0.4, 0.5) is 4.39 Å². The fraction of sp³-hybridized carbons (Fsp3) is 0.278. The molecular formula is C18H18FNO. The zero-order valence-corrected chi connectivity index (χ0v) is 12.7. The smallest absolute Gasteiger partial charge is 0.195 e. The molecule has 3 rings (SSSR count). The van der Waals surface area contributed by atoms with Crippen LogP contribution in [0.15, 0.2) is 41.4 Å². The third-order valence-electron chi connectivity index (χ3n) is 3.54. The Bertz CT molecular complexity index is 730. The summed E-state index contributed by atoms with van der Waals surface area (Å²) in [6, 6.07) is 10.6. The van der Waals surface area contributed by atoms with Crippen molar-refractivity contribution in [2.45, 2.75) is 33.4 Å². The monoisotopic (exact) mass is 283 g/mol. The van der Waals surface area contributed by atoms with Gasteiger partial charge in [0.15, 0.2) is 5.72 Å². The molecular weight excluding hydrogens is 265 g/mol. The minimum Gasteiger partial charge on any atom is -0.466 e. The molecule has 0 bridgehead atoms. The van der Waals surface area contributed by atoms with Gasteiger partial charge in [-0.05, 0) is 69.2 Å². The molecule has 0 saturated heterocycles. The Labute approximate surface area is 124 Å². The van der Waals surface area contributed by atoms with E-state index in [-0.39, 0.29) is 5.82 Å². The molecule has 0 fully saturated rings. The first-order chi connectivity index (χ1) is 9.85. The molecule has 1 heterocycles.